The second kappa shape index (κ2) is 10.7. The van der Waals surface area contributed by atoms with E-state index in [1.165, 1.54) is 25.0 Å². The fourth-order valence-corrected chi connectivity index (χ4v) is 4.23. The smallest absolute Gasteiger partial charge is 0.337 e. The van der Waals surface area contributed by atoms with E-state index in [9.17, 15) is 19.5 Å². The summed E-state index contributed by atoms with van der Waals surface area (Å²) in [4.78, 5) is 42.9. The number of methoxy groups -OCH3 is 1. The molecule has 1 aromatic heterocycles. The number of hydrogen-bond donors (Lipinski definition) is 1. The number of rotatable bonds is 6. The summed E-state index contributed by atoms with van der Waals surface area (Å²) in [6.45, 7) is 1.32. The van der Waals surface area contributed by atoms with Crippen LogP contribution in [0.1, 0.15) is 33.2 Å². The van der Waals surface area contributed by atoms with Gasteiger partial charge in [-0.2, -0.15) is 0 Å². The largest absolute Gasteiger partial charge is 0.494 e. The van der Waals surface area contributed by atoms with Crippen LogP contribution in [0.25, 0.3) is 10.9 Å². The lowest BCUT2D eigenvalue weighted by atomic mass is 10.00. The quantitative estimate of drug-likeness (QED) is 0.216. The van der Waals surface area contributed by atoms with Gasteiger partial charge in [-0.1, -0.05) is 36.4 Å². The molecule has 0 saturated heterocycles. The number of aliphatic imine (C=N–C) groups is 1. The second-order valence-electron chi connectivity index (χ2n) is 8.21. The van der Waals surface area contributed by atoms with Crippen LogP contribution in [0.15, 0.2) is 77.8 Å². The van der Waals surface area contributed by atoms with Crippen molar-refractivity contribution in [2.45, 2.75) is 6.92 Å². The zero-order chi connectivity index (χ0) is 26.7. The number of hydrogen-bond acceptors (Lipinski definition) is 6. The average molecular weight is 518 g/mol. The molecule has 0 spiro atoms. The topological polar surface area (TPSA) is 101 Å². The Morgan fingerprint density at radius 1 is 1.00 bits per heavy atom. The van der Waals surface area contributed by atoms with Gasteiger partial charge in [0.2, 0.25) is 17.7 Å². The molecule has 9 heteroatoms. The molecule has 0 fully saturated rings. The molecule has 1 heterocycles. The number of carbonyl (C=O) groups is 3. The highest BCUT2D eigenvalue weighted by molar-refractivity contribution is 6.29. The van der Waals surface area contributed by atoms with E-state index in [0.717, 1.165) is 4.57 Å². The van der Waals surface area contributed by atoms with Gasteiger partial charge in [-0.15, -0.1) is 11.6 Å². The number of fused-ring (bicyclic) bond motifs is 1. The summed E-state index contributed by atoms with van der Waals surface area (Å²) < 4.78 is 5.96. The summed E-state index contributed by atoms with van der Waals surface area (Å²) in [6, 6.07) is 21.0. The molecule has 8 nitrogen and oxygen atoms in total. The molecule has 0 bridgehead atoms. The van der Waals surface area contributed by atoms with E-state index in [-0.39, 0.29) is 23.2 Å². The molecular weight excluding hydrogens is 494 g/mol. The Morgan fingerprint density at radius 3 is 2.27 bits per heavy atom. The molecule has 0 aliphatic rings. The zero-order valence-corrected chi connectivity index (χ0v) is 21.2. The first-order chi connectivity index (χ1) is 17.8. The highest BCUT2D eigenvalue weighted by atomic mass is 35.5. The Bertz CT molecular complexity index is 1530. The second-order valence-corrected chi connectivity index (χ2v) is 8.47. The van der Waals surface area contributed by atoms with Crippen LogP contribution in [0.4, 0.5) is 11.4 Å². The van der Waals surface area contributed by atoms with E-state index in [0.29, 0.717) is 39.1 Å². The van der Waals surface area contributed by atoms with Gasteiger partial charge in [0.05, 0.1) is 35.2 Å². The van der Waals surface area contributed by atoms with Crippen LogP contribution in [-0.2, 0) is 9.53 Å². The van der Waals surface area contributed by atoms with Crippen LogP contribution >= 0.6 is 11.6 Å². The van der Waals surface area contributed by atoms with E-state index < -0.39 is 11.9 Å². The lowest BCUT2D eigenvalue weighted by molar-refractivity contribution is -0.116. The van der Waals surface area contributed by atoms with Gasteiger partial charge >= 0.3 is 5.97 Å². The van der Waals surface area contributed by atoms with Gasteiger partial charge in [-0.25, -0.2) is 9.79 Å². The third-order valence-corrected chi connectivity index (χ3v) is 6.16. The predicted molar refractivity (Wildman–Crippen MR) is 144 cm³/mol. The lowest BCUT2D eigenvalue weighted by Gasteiger charge is -2.16. The van der Waals surface area contributed by atoms with Crippen molar-refractivity contribution in [2.24, 2.45) is 4.99 Å². The maximum absolute atomic E-state index is 12.5. The van der Waals surface area contributed by atoms with Gasteiger partial charge in [0.15, 0.2) is 0 Å². The number of aromatic hydroxyl groups is 1. The lowest BCUT2D eigenvalue weighted by Crippen LogP contribution is -2.26. The third-order valence-electron chi connectivity index (χ3n) is 5.93. The van der Waals surface area contributed by atoms with Gasteiger partial charge in [0.1, 0.15) is 5.88 Å². The number of aromatic nitrogens is 1. The first-order valence-corrected chi connectivity index (χ1v) is 11.8. The number of halogens is 1. The van der Waals surface area contributed by atoms with Crippen molar-refractivity contribution in [3.63, 3.8) is 0 Å². The average Bonchev–Trinajstić information content (AvgIpc) is 3.22. The van der Waals surface area contributed by atoms with Gasteiger partial charge in [0, 0.05) is 30.6 Å². The molecule has 0 unspecified atom stereocenters. The van der Waals surface area contributed by atoms with Crippen LogP contribution < -0.4 is 4.90 Å². The number of benzene rings is 3. The van der Waals surface area contributed by atoms with Crippen molar-refractivity contribution < 1.29 is 24.2 Å². The number of carbonyl (C=O) groups excluding carboxylic acids is 3. The van der Waals surface area contributed by atoms with Crippen molar-refractivity contribution in [3.05, 3.63) is 89.5 Å². The summed E-state index contributed by atoms with van der Waals surface area (Å²) in [7, 11) is 2.91. The van der Waals surface area contributed by atoms with E-state index in [1.807, 2.05) is 30.3 Å². The van der Waals surface area contributed by atoms with E-state index in [4.69, 9.17) is 21.3 Å². The standard InChI is InChI=1S/C28H24ClN3O5/c1-17(33)32-23-15-19(28(36)37-3)9-14-22(23)25(27(32)35)26(18-7-5-4-6-8-18)30-20-10-12-21(13-11-20)31(2)24(34)16-29/h4-15,35H,16H2,1-3H3. The van der Waals surface area contributed by atoms with E-state index >= 15 is 0 Å². The zero-order valence-electron chi connectivity index (χ0n) is 20.4. The molecule has 1 N–H and O–H groups in total. The predicted octanol–water partition coefficient (Wildman–Crippen LogP) is 5.16. The summed E-state index contributed by atoms with van der Waals surface area (Å²) in [5.41, 5.74) is 3.27. The minimum atomic E-state index is -0.561. The summed E-state index contributed by atoms with van der Waals surface area (Å²) in [5, 5.41) is 11.8. The molecular formula is C28H24ClN3O5. The Balaban J connectivity index is 1.94. The van der Waals surface area contributed by atoms with Crippen LogP contribution in [0, 0.1) is 0 Å². The first kappa shape index (κ1) is 25.7. The molecule has 0 aliphatic carbocycles. The minimum absolute atomic E-state index is 0.133. The normalized spacial score (nSPS) is 11.4. The SMILES string of the molecule is COC(=O)c1ccc2c(C(=Nc3ccc(N(C)C(=O)CCl)cc3)c3ccccc3)c(O)n(C(C)=O)c2c1. The van der Waals surface area contributed by atoms with Crippen molar-refractivity contribution in [2.75, 3.05) is 24.9 Å². The highest BCUT2D eigenvalue weighted by Crippen LogP contribution is 2.35. The van der Waals surface area contributed by atoms with Gasteiger partial charge in [-0.05, 0) is 36.4 Å². The van der Waals surface area contributed by atoms with Crippen LogP contribution in [-0.4, -0.2) is 53.2 Å². The minimum Gasteiger partial charge on any atom is -0.494 e. The Kier molecular flexibility index (Phi) is 7.40. The van der Waals surface area contributed by atoms with Gasteiger partial charge in [0.25, 0.3) is 0 Å². The number of ether oxygens (including phenoxy) is 1. The molecule has 0 aliphatic heterocycles. The maximum Gasteiger partial charge on any atom is 0.337 e. The maximum atomic E-state index is 12.5. The fraction of sp³-hybridized carbons (Fsp3) is 0.143. The van der Waals surface area contributed by atoms with E-state index in [1.54, 1.807) is 43.4 Å². The van der Waals surface area contributed by atoms with Gasteiger partial charge < -0.3 is 14.7 Å². The molecule has 188 valence electrons. The fourth-order valence-electron chi connectivity index (χ4n) is 4.05. The van der Waals surface area contributed by atoms with Gasteiger partial charge in [-0.3, -0.25) is 14.2 Å². The van der Waals surface area contributed by atoms with Crippen molar-refractivity contribution in [1.82, 2.24) is 4.57 Å². The van der Waals surface area contributed by atoms with Crippen molar-refractivity contribution in [3.8, 4) is 5.88 Å². The number of nitrogens with zero attached hydrogens (tertiary/aromatic N) is 3. The summed E-state index contributed by atoms with van der Waals surface area (Å²) in [5.74, 6) is -1.66. The van der Waals surface area contributed by atoms with Crippen molar-refractivity contribution >= 4 is 57.4 Å². The Hall–Kier alpha value is -4.43. The molecule has 1 amide bonds. The monoisotopic (exact) mass is 517 g/mol. The van der Waals surface area contributed by atoms with Crippen LogP contribution in [0.2, 0.25) is 0 Å². The van der Waals surface area contributed by atoms with Crippen molar-refractivity contribution in [1.29, 1.82) is 0 Å². The molecule has 4 aromatic rings. The van der Waals surface area contributed by atoms with Crippen LogP contribution in [0.5, 0.6) is 5.88 Å². The molecule has 0 saturated carbocycles. The number of alkyl halides is 1. The molecule has 0 atom stereocenters. The van der Waals surface area contributed by atoms with E-state index in [2.05, 4.69) is 0 Å². The summed E-state index contributed by atoms with van der Waals surface area (Å²) >= 11 is 5.67. The Morgan fingerprint density at radius 2 is 1.68 bits per heavy atom. The highest BCUT2D eigenvalue weighted by Gasteiger charge is 2.25. The first-order valence-electron chi connectivity index (χ1n) is 11.3. The molecule has 37 heavy (non-hydrogen) atoms. The Labute approximate surface area is 218 Å². The molecule has 3 aromatic carbocycles. The number of amides is 1. The summed E-state index contributed by atoms with van der Waals surface area (Å²) in [6.07, 6.45) is 0. The molecule has 4 rings (SSSR count). The molecule has 0 radical (unpaired) electrons. The number of esters is 1. The number of anilines is 1. The third kappa shape index (κ3) is 4.96. The van der Waals surface area contributed by atoms with Crippen LogP contribution in [0.3, 0.4) is 0 Å².